The summed E-state index contributed by atoms with van der Waals surface area (Å²) in [6.45, 7) is 2.15. The number of nitrogens with zero attached hydrogens (tertiary/aromatic N) is 1. The van der Waals surface area contributed by atoms with Gasteiger partial charge in [0, 0.05) is 17.2 Å². The van der Waals surface area contributed by atoms with Gasteiger partial charge in [0.15, 0.2) is 11.6 Å². The summed E-state index contributed by atoms with van der Waals surface area (Å²) in [4.78, 5) is 4.62. The van der Waals surface area contributed by atoms with Crippen LogP contribution < -0.4 is 9.46 Å². The Kier molecular flexibility index (Phi) is 8.50. The molecule has 0 bridgehead atoms. The summed E-state index contributed by atoms with van der Waals surface area (Å²) in [5.74, 6) is -0.543. The van der Waals surface area contributed by atoms with Crippen molar-refractivity contribution in [3.63, 3.8) is 0 Å². The third-order valence-corrected chi connectivity index (χ3v) is 8.76. The van der Waals surface area contributed by atoms with Gasteiger partial charge in [-0.25, -0.2) is 26.9 Å². The monoisotopic (exact) mass is 600 g/mol. The zero-order valence-electron chi connectivity index (χ0n) is 22.7. The van der Waals surface area contributed by atoms with E-state index in [2.05, 4.69) is 9.71 Å². The minimum absolute atomic E-state index is 0.0315. The number of sulfonamides is 1. The minimum atomic E-state index is -3.44. The average molecular weight is 601 g/mol. The molecule has 1 heterocycles. The van der Waals surface area contributed by atoms with Crippen LogP contribution in [0.3, 0.4) is 0 Å². The molecule has 1 aliphatic rings. The first-order valence-corrected chi connectivity index (χ1v) is 15.7. The molecule has 41 heavy (non-hydrogen) atoms. The van der Waals surface area contributed by atoms with Crippen molar-refractivity contribution in [2.24, 2.45) is 5.92 Å². The summed E-state index contributed by atoms with van der Waals surface area (Å²) < 4.78 is 68.9. The molecular weight excluding hydrogens is 570 g/mol. The van der Waals surface area contributed by atoms with Gasteiger partial charge in [0.1, 0.15) is 18.7 Å². The van der Waals surface area contributed by atoms with Crippen LogP contribution in [0.15, 0.2) is 77.4 Å². The molecule has 10 heteroatoms. The van der Waals surface area contributed by atoms with Crippen molar-refractivity contribution in [2.45, 2.75) is 50.1 Å². The third kappa shape index (κ3) is 6.47. The van der Waals surface area contributed by atoms with Gasteiger partial charge in [0.05, 0.1) is 23.2 Å². The van der Waals surface area contributed by atoms with Crippen LogP contribution in [0.5, 0.6) is 5.75 Å². The van der Waals surface area contributed by atoms with Crippen molar-refractivity contribution in [1.82, 2.24) is 9.71 Å². The first-order valence-electron chi connectivity index (χ1n) is 13.3. The highest BCUT2D eigenvalue weighted by molar-refractivity contribution is 7.88. The predicted octanol–water partition coefficient (Wildman–Crippen LogP) is 6.77. The standard InChI is InChI=1S/C31H31ClF2N2O4S/c1-20-13-23(36-41(2,37)38)16-31(20,30-35-24(17-32)19-40-30)15-22-11-12-27(33)26(14-22)25-9-6-10-28(34)29(25)39-18-21-7-4-3-5-8-21/h3-12,14,19-20,23,36H,13,15-18H2,1-2H3/t20-,23-,31+/m1/s1. The molecule has 4 aromatic rings. The number of halogens is 3. The van der Waals surface area contributed by atoms with Crippen LogP contribution >= 0.6 is 11.6 Å². The van der Waals surface area contributed by atoms with Gasteiger partial charge in [-0.15, -0.1) is 11.6 Å². The van der Waals surface area contributed by atoms with Gasteiger partial charge in [-0.2, -0.15) is 0 Å². The van der Waals surface area contributed by atoms with Gasteiger partial charge in [-0.05, 0) is 54.5 Å². The lowest BCUT2D eigenvalue weighted by molar-refractivity contribution is 0.257. The van der Waals surface area contributed by atoms with Gasteiger partial charge >= 0.3 is 0 Å². The van der Waals surface area contributed by atoms with Crippen LogP contribution in [0.25, 0.3) is 11.1 Å². The fourth-order valence-electron chi connectivity index (χ4n) is 5.84. The molecule has 3 atom stereocenters. The number of hydrogen-bond acceptors (Lipinski definition) is 5. The van der Waals surface area contributed by atoms with Gasteiger partial charge in [0.2, 0.25) is 15.9 Å². The Morgan fingerprint density at radius 2 is 1.83 bits per heavy atom. The molecule has 1 saturated carbocycles. The molecular formula is C31H31ClF2N2O4S. The molecule has 0 saturated heterocycles. The molecule has 0 radical (unpaired) electrons. The van der Waals surface area contributed by atoms with Crippen LogP contribution in [0.4, 0.5) is 8.78 Å². The Hall–Kier alpha value is -3.27. The Balaban J connectivity index is 1.51. The van der Waals surface area contributed by atoms with E-state index >= 15 is 8.78 Å². The van der Waals surface area contributed by atoms with Crippen molar-refractivity contribution in [3.8, 4) is 16.9 Å². The summed E-state index contributed by atoms with van der Waals surface area (Å²) in [6, 6.07) is 18.2. The van der Waals surface area contributed by atoms with E-state index in [-0.39, 0.29) is 35.8 Å². The first-order chi connectivity index (χ1) is 19.6. The lowest BCUT2D eigenvalue weighted by Gasteiger charge is -2.31. The van der Waals surface area contributed by atoms with E-state index < -0.39 is 27.1 Å². The van der Waals surface area contributed by atoms with Crippen LogP contribution in [0.2, 0.25) is 0 Å². The topological polar surface area (TPSA) is 81.4 Å². The van der Waals surface area contributed by atoms with Crippen molar-refractivity contribution in [3.05, 3.63) is 107 Å². The van der Waals surface area contributed by atoms with E-state index in [1.54, 1.807) is 18.2 Å². The molecule has 1 fully saturated rings. The van der Waals surface area contributed by atoms with Crippen molar-refractivity contribution in [1.29, 1.82) is 0 Å². The minimum Gasteiger partial charge on any atom is -0.485 e. The number of alkyl halides is 1. The number of ether oxygens (including phenoxy) is 1. The lowest BCUT2D eigenvalue weighted by Crippen LogP contribution is -2.36. The number of rotatable bonds is 10. The molecule has 0 amide bonds. The van der Waals surface area contributed by atoms with E-state index in [0.717, 1.165) is 17.4 Å². The molecule has 216 valence electrons. The number of aromatic nitrogens is 1. The van der Waals surface area contributed by atoms with Crippen LogP contribution in [0, 0.1) is 17.6 Å². The van der Waals surface area contributed by atoms with Crippen molar-refractivity contribution in [2.75, 3.05) is 6.26 Å². The summed E-state index contributed by atoms with van der Waals surface area (Å²) in [5.41, 5.74) is 2.00. The Morgan fingerprint density at radius 1 is 1.05 bits per heavy atom. The molecule has 6 nitrogen and oxygen atoms in total. The molecule has 0 spiro atoms. The molecule has 5 rings (SSSR count). The number of benzene rings is 3. The Labute approximate surface area is 243 Å². The fraction of sp³-hybridized carbons (Fsp3) is 0.323. The van der Waals surface area contributed by atoms with E-state index in [1.807, 2.05) is 37.3 Å². The Bertz CT molecular complexity index is 1630. The van der Waals surface area contributed by atoms with E-state index in [4.69, 9.17) is 20.8 Å². The van der Waals surface area contributed by atoms with Crippen LogP contribution in [-0.2, 0) is 34.3 Å². The smallest absolute Gasteiger partial charge is 0.208 e. The Morgan fingerprint density at radius 3 is 2.54 bits per heavy atom. The molecule has 1 aromatic heterocycles. The molecule has 0 unspecified atom stereocenters. The van der Waals surface area contributed by atoms with Crippen LogP contribution in [-0.4, -0.2) is 25.7 Å². The summed E-state index contributed by atoms with van der Waals surface area (Å²) in [6.07, 6.45) is 4.04. The summed E-state index contributed by atoms with van der Waals surface area (Å²) >= 11 is 6.00. The first kappa shape index (κ1) is 29.2. The molecule has 0 aliphatic heterocycles. The molecule has 1 N–H and O–H groups in total. The quantitative estimate of drug-likeness (QED) is 0.203. The zero-order valence-corrected chi connectivity index (χ0v) is 24.3. The highest BCUT2D eigenvalue weighted by Gasteiger charge is 2.50. The van der Waals surface area contributed by atoms with Crippen LogP contribution in [0.1, 0.15) is 42.5 Å². The van der Waals surface area contributed by atoms with E-state index in [0.29, 0.717) is 36.4 Å². The number of oxazole rings is 1. The number of nitrogens with one attached hydrogen (secondary N) is 1. The second-order valence-corrected chi connectivity index (χ2v) is 12.8. The second-order valence-electron chi connectivity index (χ2n) is 10.7. The van der Waals surface area contributed by atoms with Gasteiger partial charge in [-0.1, -0.05) is 55.5 Å². The van der Waals surface area contributed by atoms with Gasteiger partial charge in [-0.3, -0.25) is 0 Å². The maximum Gasteiger partial charge on any atom is 0.208 e. The second kappa shape index (κ2) is 11.9. The van der Waals surface area contributed by atoms with Crippen molar-refractivity contribution >= 4 is 21.6 Å². The average Bonchev–Trinajstić information content (AvgIpc) is 3.53. The summed E-state index contributed by atoms with van der Waals surface area (Å²) in [5, 5.41) is 0. The maximum atomic E-state index is 15.3. The van der Waals surface area contributed by atoms with Gasteiger partial charge < -0.3 is 9.15 Å². The highest BCUT2D eigenvalue weighted by atomic mass is 35.5. The molecule has 1 aliphatic carbocycles. The summed E-state index contributed by atoms with van der Waals surface area (Å²) in [7, 11) is -3.44. The SMILES string of the molecule is C[C@@H]1C[C@@H](NS(C)(=O)=O)C[C@]1(Cc1ccc(F)c(-c2cccc(F)c2OCc2ccccc2)c1)c1nc(CCl)co1. The molecule has 3 aromatic carbocycles. The van der Waals surface area contributed by atoms with E-state index in [9.17, 15) is 8.42 Å². The van der Waals surface area contributed by atoms with Crippen molar-refractivity contribution < 1.29 is 26.4 Å². The largest absolute Gasteiger partial charge is 0.485 e. The fourth-order valence-corrected chi connectivity index (χ4v) is 6.74. The third-order valence-electron chi connectivity index (χ3n) is 7.72. The van der Waals surface area contributed by atoms with Gasteiger partial charge in [0.25, 0.3) is 0 Å². The normalized spacial score (nSPS) is 20.8. The maximum absolute atomic E-state index is 15.3. The number of para-hydroxylation sites is 1. The zero-order chi connectivity index (χ0) is 29.2. The highest BCUT2D eigenvalue weighted by Crippen LogP contribution is 2.48. The number of hydrogen-bond donors (Lipinski definition) is 1. The predicted molar refractivity (Wildman–Crippen MR) is 154 cm³/mol. The lowest BCUT2D eigenvalue weighted by atomic mass is 9.73. The van der Waals surface area contributed by atoms with E-state index in [1.165, 1.54) is 24.5 Å².